The highest BCUT2D eigenvalue weighted by atomic mass is 19.4. The molecule has 0 spiro atoms. The number of alkyl halides is 3. The van der Waals surface area contributed by atoms with Crippen molar-refractivity contribution in [2.75, 3.05) is 11.9 Å². The molecular weight excluding hydrogens is 375 g/mol. The Balaban J connectivity index is 1.51. The molecule has 28 heavy (non-hydrogen) atoms. The summed E-state index contributed by atoms with van der Waals surface area (Å²) in [6, 6.07) is 6.32. The zero-order valence-corrected chi connectivity index (χ0v) is 14.6. The third-order valence-electron chi connectivity index (χ3n) is 4.16. The molecule has 4 rings (SSSR count). The molecule has 7 nitrogen and oxygen atoms in total. The molecule has 3 aromatic rings. The monoisotopic (exact) mass is 391 g/mol. The van der Waals surface area contributed by atoms with Crippen molar-refractivity contribution in [1.82, 2.24) is 19.7 Å². The van der Waals surface area contributed by atoms with Gasteiger partial charge in [0, 0.05) is 24.4 Å². The summed E-state index contributed by atoms with van der Waals surface area (Å²) in [6.45, 7) is -1.17. The van der Waals surface area contributed by atoms with Crippen LogP contribution in [0.25, 0.3) is 10.9 Å². The summed E-state index contributed by atoms with van der Waals surface area (Å²) in [5.74, 6) is 0.334. The molecule has 0 saturated heterocycles. The summed E-state index contributed by atoms with van der Waals surface area (Å²) < 4.78 is 43.1. The second-order valence-electron chi connectivity index (χ2n) is 6.55. The van der Waals surface area contributed by atoms with Crippen LogP contribution in [0.2, 0.25) is 0 Å². The van der Waals surface area contributed by atoms with E-state index in [2.05, 4.69) is 25.1 Å². The third kappa shape index (κ3) is 4.38. The lowest BCUT2D eigenvalue weighted by atomic mass is 10.3. The number of ether oxygens (including phenoxy) is 1. The quantitative estimate of drug-likeness (QED) is 0.698. The molecule has 146 valence electrons. The Bertz CT molecular complexity index is 1010. The number of anilines is 1. The summed E-state index contributed by atoms with van der Waals surface area (Å²) in [6.07, 6.45) is 0.631. The van der Waals surface area contributed by atoms with Crippen LogP contribution in [0.15, 0.2) is 36.7 Å². The Labute approximate surface area is 157 Å². The topological polar surface area (TPSA) is 81.9 Å². The van der Waals surface area contributed by atoms with Crippen molar-refractivity contribution in [3.63, 3.8) is 0 Å². The van der Waals surface area contributed by atoms with Crippen molar-refractivity contribution >= 4 is 22.6 Å². The minimum atomic E-state index is -4.42. The van der Waals surface area contributed by atoms with Gasteiger partial charge in [0.05, 0.1) is 23.1 Å². The summed E-state index contributed by atoms with van der Waals surface area (Å²) in [5.41, 5.74) is 1.13. The van der Waals surface area contributed by atoms with Crippen molar-refractivity contribution in [2.24, 2.45) is 5.92 Å². The first-order valence-corrected chi connectivity index (χ1v) is 8.66. The third-order valence-corrected chi connectivity index (χ3v) is 4.16. The lowest BCUT2D eigenvalue weighted by molar-refractivity contribution is -0.154. The van der Waals surface area contributed by atoms with Crippen molar-refractivity contribution in [2.45, 2.75) is 25.6 Å². The Morgan fingerprint density at radius 3 is 2.86 bits per heavy atom. The van der Waals surface area contributed by atoms with E-state index in [4.69, 9.17) is 0 Å². The van der Waals surface area contributed by atoms with E-state index in [0.717, 1.165) is 12.8 Å². The number of nitrogens with zero attached hydrogens (tertiary/aromatic N) is 4. The van der Waals surface area contributed by atoms with Gasteiger partial charge in [-0.3, -0.25) is 9.48 Å². The van der Waals surface area contributed by atoms with Gasteiger partial charge < -0.3 is 10.1 Å². The summed E-state index contributed by atoms with van der Waals surface area (Å²) in [5, 5.41) is 7.92. The van der Waals surface area contributed by atoms with Crippen molar-refractivity contribution in [3.8, 4) is 5.88 Å². The van der Waals surface area contributed by atoms with Gasteiger partial charge >= 0.3 is 6.18 Å². The molecule has 1 saturated carbocycles. The summed E-state index contributed by atoms with van der Waals surface area (Å²) in [7, 11) is 0. The SMILES string of the molecule is O=C(Nc1nccc2nn(Cc3cccc(OCC(F)(F)F)n3)cc12)C1CC1. The second kappa shape index (κ2) is 7.10. The van der Waals surface area contributed by atoms with Crippen LogP contribution in [0.1, 0.15) is 18.5 Å². The number of aromatic nitrogens is 4. The van der Waals surface area contributed by atoms with Crippen molar-refractivity contribution in [1.29, 1.82) is 0 Å². The minimum Gasteiger partial charge on any atom is -0.468 e. The molecule has 3 aromatic heterocycles. The molecule has 3 heterocycles. The number of pyridine rings is 2. The predicted molar refractivity (Wildman–Crippen MR) is 93.8 cm³/mol. The molecule has 10 heteroatoms. The van der Waals surface area contributed by atoms with Crippen LogP contribution in [0, 0.1) is 5.92 Å². The van der Waals surface area contributed by atoms with Crippen LogP contribution in [0.5, 0.6) is 5.88 Å². The molecule has 0 atom stereocenters. The van der Waals surface area contributed by atoms with E-state index in [1.54, 1.807) is 35.3 Å². The maximum absolute atomic E-state index is 12.3. The zero-order chi connectivity index (χ0) is 19.7. The van der Waals surface area contributed by atoms with E-state index in [1.807, 2.05) is 0 Å². The van der Waals surface area contributed by atoms with Gasteiger partial charge in [-0.1, -0.05) is 6.07 Å². The van der Waals surface area contributed by atoms with Gasteiger partial charge in [0.1, 0.15) is 5.82 Å². The van der Waals surface area contributed by atoms with Crippen LogP contribution < -0.4 is 10.1 Å². The molecule has 1 amide bonds. The number of halogens is 3. The first kappa shape index (κ1) is 18.2. The fourth-order valence-electron chi connectivity index (χ4n) is 2.69. The Morgan fingerprint density at radius 2 is 2.11 bits per heavy atom. The van der Waals surface area contributed by atoms with Crippen LogP contribution >= 0.6 is 0 Å². The number of fused-ring (bicyclic) bond motifs is 1. The Morgan fingerprint density at radius 1 is 1.29 bits per heavy atom. The van der Waals surface area contributed by atoms with E-state index < -0.39 is 12.8 Å². The normalized spacial score (nSPS) is 14.2. The number of hydrogen-bond donors (Lipinski definition) is 1. The van der Waals surface area contributed by atoms with E-state index in [9.17, 15) is 18.0 Å². The molecule has 1 aliphatic rings. The molecule has 0 aliphatic heterocycles. The maximum Gasteiger partial charge on any atom is 0.422 e. The molecule has 0 unspecified atom stereocenters. The van der Waals surface area contributed by atoms with E-state index in [1.165, 1.54) is 6.07 Å². The van der Waals surface area contributed by atoms with Gasteiger partial charge in [-0.05, 0) is 25.0 Å². The van der Waals surface area contributed by atoms with Crippen molar-refractivity contribution in [3.05, 3.63) is 42.4 Å². The average Bonchev–Trinajstić information content (AvgIpc) is 3.41. The fraction of sp³-hybridized carbons (Fsp3) is 0.333. The van der Waals surface area contributed by atoms with Gasteiger partial charge in [0.2, 0.25) is 11.8 Å². The highest BCUT2D eigenvalue weighted by Crippen LogP contribution is 2.31. The number of carbonyl (C=O) groups is 1. The number of nitrogens with one attached hydrogen (secondary N) is 1. The summed E-state index contributed by atoms with van der Waals surface area (Å²) in [4.78, 5) is 20.3. The highest BCUT2D eigenvalue weighted by molar-refractivity contribution is 6.00. The number of carbonyl (C=O) groups excluding carboxylic acids is 1. The lowest BCUT2D eigenvalue weighted by Gasteiger charge is -2.09. The van der Waals surface area contributed by atoms with E-state index in [-0.39, 0.29) is 24.2 Å². The van der Waals surface area contributed by atoms with Crippen LogP contribution in [0.3, 0.4) is 0 Å². The Hall–Kier alpha value is -3.17. The largest absolute Gasteiger partial charge is 0.468 e. The van der Waals surface area contributed by atoms with Gasteiger partial charge in [0.25, 0.3) is 0 Å². The molecule has 1 aliphatic carbocycles. The van der Waals surface area contributed by atoms with Gasteiger partial charge in [-0.15, -0.1) is 0 Å². The molecule has 1 fully saturated rings. The average molecular weight is 391 g/mol. The second-order valence-corrected chi connectivity index (χ2v) is 6.55. The molecular formula is C18H16F3N5O2. The number of hydrogen-bond acceptors (Lipinski definition) is 5. The van der Waals surface area contributed by atoms with Gasteiger partial charge in [-0.25, -0.2) is 9.97 Å². The van der Waals surface area contributed by atoms with Crippen LogP contribution in [-0.4, -0.2) is 38.4 Å². The standard InChI is InChI=1S/C18H16F3N5O2/c19-18(20,21)10-28-15-3-1-2-12(23-15)8-26-9-13-14(25-26)6-7-22-16(13)24-17(27)11-4-5-11/h1-3,6-7,9,11H,4-5,8,10H2,(H,22,24,27). The fourth-order valence-corrected chi connectivity index (χ4v) is 2.69. The molecule has 0 bridgehead atoms. The molecule has 1 N–H and O–H groups in total. The highest BCUT2D eigenvalue weighted by Gasteiger charge is 2.30. The van der Waals surface area contributed by atoms with Gasteiger partial charge in [0.15, 0.2) is 6.61 Å². The lowest BCUT2D eigenvalue weighted by Crippen LogP contribution is -2.19. The zero-order valence-electron chi connectivity index (χ0n) is 14.6. The van der Waals surface area contributed by atoms with E-state index >= 15 is 0 Å². The minimum absolute atomic E-state index is 0.0516. The van der Waals surface area contributed by atoms with Crippen molar-refractivity contribution < 1.29 is 22.7 Å². The number of amides is 1. The molecule has 0 aromatic carbocycles. The first-order valence-electron chi connectivity index (χ1n) is 8.66. The Kier molecular flexibility index (Phi) is 4.62. The van der Waals surface area contributed by atoms with Crippen LogP contribution in [0.4, 0.5) is 19.0 Å². The first-order chi connectivity index (χ1) is 13.4. The van der Waals surface area contributed by atoms with E-state index in [0.29, 0.717) is 22.4 Å². The predicted octanol–water partition coefficient (Wildman–Crippen LogP) is 3.16. The van der Waals surface area contributed by atoms with Gasteiger partial charge in [-0.2, -0.15) is 18.3 Å². The summed E-state index contributed by atoms with van der Waals surface area (Å²) >= 11 is 0. The number of rotatable bonds is 6. The molecule has 0 radical (unpaired) electrons. The van der Waals surface area contributed by atoms with Crippen LogP contribution in [-0.2, 0) is 11.3 Å². The smallest absolute Gasteiger partial charge is 0.422 e. The maximum atomic E-state index is 12.3.